The third-order valence-corrected chi connectivity index (χ3v) is 9.02. The highest BCUT2D eigenvalue weighted by atomic mass is 16.3. The van der Waals surface area contributed by atoms with Gasteiger partial charge in [-0.05, 0) is 67.7 Å². The third-order valence-electron chi connectivity index (χ3n) is 9.02. The van der Waals surface area contributed by atoms with Gasteiger partial charge in [0.05, 0.1) is 16.7 Å². The van der Waals surface area contributed by atoms with E-state index in [0.29, 0.717) is 0 Å². The largest absolute Gasteiger partial charge is 0.454 e. The highest BCUT2D eigenvalue weighted by Crippen LogP contribution is 2.45. The first-order chi connectivity index (χ1) is 20.8. The maximum absolute atomic E-state index is 6.52. The van der Waals surface area contributed by atoms with Crippen molar-refractivity contribution in [1.29, 1.82) is 0 Å². The van der Waals surface area contributed by atoms with Crippen molar-refractivity contribution in [3.63, 3.8) is 0 Å². The van der Waals surface area contributed by atoms with Crippen molar-refractivity contribution in [2.75, 3.05) is 0 Å². The molecule has 0 aliphatic heterocycles. The Kier molecular flexibility index (Phi) is 4.18. The van der Waals surface area contributed by atoms with Crippen LogP contribution in [0.2, 0.25) is 0 Å². The zero-order chi connectivity index (χ0) is 27.4. The molecule has 0 spiro atoms. The molecule has 0 radical (unpaired) electrons. The van der Waals surface area contributed by atoms with Crippen molar-refractivity contribution in [1.82, 2.24) is 9.55 Å². The third kappa shape index (κ3) is 2.77. The number of rotatable bonds is 2. The molecule has 0 fully saturated rings. The van der Waals surface area contributed by atoms with Gasteiger partial charge in [-0.1, -0.05) is 97.1 Å². The quantitative estimate of drug-likeness (QED) is 0.207. The number of pyridine rings is 1. The maximum Gasteiger partial charge on any atom is 0.159 e. The summed E-state index contributed by atoms with van der Waals surface area (Å²) in [7, 11) is 0. The molecular formula is C39H22N2O. The molecule has 0 aliphatic carbocycles. The lowest BCUT2D eigenvalue weighted by Crippen LogP contribution is -1.95. The first-order valence-corrected chi connectivity index (χ1v) is 14.3. The summed E-state index contributed by atoms with van der Waals surface area (Å²) in [6, 6.07) is 43.6. The van der Waals surface area contributed by atoms with Gasteiger partial charge in [0.1, 0.15) is 5.58 Å². The van der Waals surface area contributed by atoms with Crippen molar-refractivity contribution in [2.24, 2.45) is 0 Å². The van der Waals surface area contributed by atoms with Crippen LogP contribution in [0.25, 0.3) is 92.9 Å². The van der Waals surface area contributed by atoms with Gasteiger partial charge in [0.25, 0.3) is 0 Å². The second-order valence-electron chi connectivity index (χ2n) is 11.2. The zero-order valence-electron chi connectivity index (χ0n) is 22.5. The van der Waals surface area contributed by atoms with Gasteiger partial charge in [0, 0.05) is 33.9 Å². The first kappa shape index (κ1) is 22.1. The second kappa shape index (κ2) is 7.96. The molecule has 0 saturated heterocycles. The molecule has 0 unspecified atom stereocenters. The van der Waals surface area contributed by atoms with Crippen LogP contribution < -0.4 is 0 Å². The molecule has 10 rings (SSSR count). The molecule has 194 valence electrons. The number of fused-ring (bicyclic) bond motifs is 7. The normalized spacial score (nSPS) is 12.3. The van der Waals surface area contributed by atoms with Crippen LogP contribution in [0.4, 0.5) is 0 Å². The van der Waals surface area contributed by atoms with E-state index in [9.17, 15) is 0 Å². The molecule has 0 saturated carbocycles. The fourth-order valence-electron chi connectivity index (χ4n) is 7.26. The highest BCUT2D eigenvalue weighted by Gasteiger charge is 2.21. The predicted octanol–water partition coefficient (Wildman–Crippen LogP) is 10.6. The lowest BCUT2D eigenvalue weighted by molar-refractivity contribution is 0.666. The molecule has 42 heavy (non-hydrogen) atoms. The van der Waals surface area contributed by atoms with Gasteiger partial charge in [0.15, 0.2) is 5.58 Å². The Balaban J connectivity index is 1.38. The van der Waals surface area contributed by atoms with Crippen LogP contribution in [0, 0.1) is 0 Å². The number of aromatic nitrogens is 2. The Morgan fingerprint density at radius 3 is 2.26 bits per heavy atom. The van der Waals surface area contributed by atoms with Crippen LogP contribution in [-0.2, 0) is 0 Å². The molecule has 0 bridgehead atoms. The standard InChI is InChI=1S/C39H22N2O/c1-2-7-23(8-3-1)26-16-13-24-14-18-30-37-25(15-17-28(26)36(24)37)21-34-38(30)31-22-40-20-19-32(31)41(34)33-11-6-10-29-27-9-4-5-12-35(27)42-39(29)33/h1-22H. The van der Waals surface area contributed by atoms with Crippen LogP contribution in [-0.4, -0.2) is 9.55 Å². The molecule has 0 aliphatic rings. The summed E-state index contributed by atoms with van der Waals surface area (Å²) >= 11 is 0. The van der Waals surface area contributed by atoms with Gasteiger partial charge in [-0.3, -0.25) is 4.98 Å². The second-order valence-corrected chi connectivity index (χ2v) is 11.2. The number of furan rings is 1. The summed E-state index contributed by atoms with van der Waals surface area (Å²) in [6.07, 6.45) is 3.90. The van der Waals surface area contributed by atoms with Crippen LogP contribution in [0.1, 0.15) is 0 Å². The minimum atomic E-state index is 0.895. The predicted molar refractivity (Wildman–Crippen MR) is 175 cm³/mol. The van der Waals surface area contributed by atoms with Crippen molar-refractivity contribution in [2.45, 2.75) is 0 Å². The minimum absolute atomic E-state index is 0.895. The summed E-state index contributed by atoms with van der Waals surface area (Å²) in [5.74, 6) is 0. The molecule has 0 amide bonds. The van der Waals surface area contributed by atoms with Crippen molar-refractivity contribution >= 4 is 76.1 Å². The summed E-state index contributed by atoms with van der Waals surface area (Å²) in [5, 5.41) is 12.3. The Bertz CT molecular complexity index is 2680. The molecular weight excluding hydrogens is 512 g/mol. The summed E-state index contributed by atoms with van der Waals surface area (Å²) < 4.78 is 8.88. The van der Waals surface area contributed by atoms with E-state index in [1.54, 1.807) is 0 Å². The molecule has 10 aromatic rings. The molecule has 3 heteroatoms. The lowest BCUT2D eigenvalue weighted by Gasteiger charge is -2.16. The lowest BCUT2D eigenvalue weighted by atomic mass is 9.88. The van der Waals surface area contributed by atoms with Gasteiger partial charge in [-0.25, -0.2) is 0 Å². The summed E-state index contributed by atoms with van der Waals surface area (Å²) in [6.45, 7) is 0. The average Bonchev–Trinajstić information content (AvgIpc) is 3.59. The Morgan fingerprint density at radius 1 is 0.524 bits per heavy atom. The van der Waals surface area contributed by atoms with Crippen molar-refractivity contribution < 1.29 is 4.42 Å². The number of nitrogens with zero attached hydrogens (tertiary/aromatic N) is 2. The van der Waals surface area contributed by atoms with E-state index in [2.05, 4.69) is 119 Å². The van der Waals surface area contributed by atoms with Crippen molar-refractivity contribution in [3.05, 3.63) is 134 Å². The monoisotopic (exact) mass is 534 g/mol. The molecule has 3 aromatic heterocycles. The van der Waals surface area contributed by atoms with E-state index in [4.69, 9.17) is 4.42 Å². The fraction of sp³-hybridized carbons (Fsp3) is 0. The zero-order valence-corrected chi connectivity index (χ0v) is 22.5. The van der Waals surface area contributed by atoms with Crippen LogP contribution in [0.15, 0.2) is 138 Å². The van der Waals surface area contributed by atoms with Crippen molar-refractivity contribution in [3.8, 4) is 16.8 Å². The SMILES string of the molecule is c1ccc(-c2ccc3ccc4c5c(ccc2c35)cc2c4c3cnccc3n2-c2cccc3c2oc2ccccc23)cc1. The minimum Gasteiger partial charge on any atom is -0.454 e. The van der Waals surface area contributed by atoms with Gasteiger partial charge < -0.3 is 8.98 Å². The van der Waals surface area contributed by atoms with E-state index in [1.807, 2.05) is 24.5 Å². The van der Waals surface area contributed by atoms with Gasteiger partial charge in [0.2, 0.25) is 0 Å². The van der Waals surface area contributed by atoms with Gasteiger partial charge >= 0.3 is 0 Å². The Labute approximate surface area is 240 Å². The smallest absolute Gasteiger partial charge is 0.159 e. The van der Waals surface area contributed by atoms with Gasteiger partial charge in [-0.15, -0.1) is 0 Å². The average molecular weight is 535 g/mol. The number of para-hydroxylation sites is 2. The van der Waals surface area contributed by atoms with Gasteiger partial charge in [-0.2, -0.15) is 0 Å². The van der Waals surface area contributed by atoms with E-state index in [-0.39, 0.29) is 0 Å². The van der Waals surface area contributed by atoms with E-state index in [0.717, 1.165) is 44.0 Å². The Hall–Kier alpha value is -5.67. The number of benzene rings is 7. The van der Waals surface area contributed by atoms with Crippen LogP contribution in [0.5, 0.6) is 0 Å². The highest BCUT2D eigenvalue weighted by molar-refractivity contribution is 6.34. The molecule has 7 aromatic carbocycles. The number of hydrogen-bond acceptors (Lipinski definition) is 2. The van der Waals surface area contributed by atoms with Crippen LogP contribution >= 0.6 is 0 Å². The van der Waals surface area contributed by atoms with Crippen LogP contribution in [0.3, 0.4) is 0 Å². The summed E-state index contributed by atoms with van der Waals surface area (Å²) in [4.78, 5) is 4.59. The fourth-order valence-corrected chi connectivity index (χ4v) is 7.26. The molecule has 0 N–H and O–H groups in total. The molecule has 3 heterocycles. The first-order valence-electron chi connectivity index (χ1n) is 14.3. The summed E-state index contributed by atoms with van der Waals surface area (Å²) in [5.41, 5.74) is 7.60. The van der Waals surface area contributed by atoms with E-state index >= 15 is 0 Å². The van der Waals surface area contributed by atoms with E-state index in [1.165, 1.54) is 48.8 Å². The Morgan fingerprint density at radius 2 is 1.31 bits per heavy atom. The number of hydrogen-bond donors (Lipinski definition) is 0. The van der Waals surface area contributed by atoms with E-state index < -0.39 is 0 Å². The maximum atomic E-state index is 6.52. The molecule has 0 atom stereocenters. The molecule has 3 nitrogen and oxygen atoms in total. The topological polar surface area (TPSA) is 31.0 Å².